The molecule has 3 aliphatic heterocycles. The zero-order valence-electron chi connectivity index (χ0n) is 16.0. The van der Waals surface area contributed by atoms with E-state index in [2.05, 4.69) is 0 Å². The molecule has 7 heteroatoms. The SMILES string of the molecule is COC(=O)[C@@H]1C[C@H]2C(=O)N(Cc3ccccc3)[C@]1(O)C(=O)N2Cc1ccccc1. The lowest BCUT2D eigenvalue weighted by molar-refractivity contribution is -0.235. The molecule has 150 valence electrons. The summed E-state index contributed by atoms with van der Waals surface area (Å²) < 4.78 is 4.84. The van der Waals surface area contributed by atoms with E-state index < -0.39 is 29.6 Å². The smallest absolute Gasteiger partial charge is 0.314 e. The molecular formula is C22H22N2O5. The molecule has 2 bridgehead atoms. The summed E-state index contributed by atoms with van der Waals surface area (Å²) in [5, 5.41) is 11.5. The van der Waals surface area contributed by atoms with Gasteiger partial charge < -0.3 is 14.7 Å². The number of piperidine rings is 2. The lowest BCUT2D eigenvalue weighted by Gasteiger charge is -2.56. The summed E-state index contributed by atoms with van der Waals surface area (Å²) >= 11 is 0. The third-order valence-electron chi connectivity index (χ3n) is 5.72. The lowest BCUT2D eigenvalue weighted by atomic mass is 9.76. The number of nitrogens with zero attached hydrogens (tertiary/aromatic N) is 2. The number of piperazine rings is 1. The van der Waals surface area contributed by atoms with E-state index in [0.29, 0.717) is 0 Å². The fourth-order valence-corrected chi connectivity index (χ4v) is 4.23. The number of rotatable bonds is 5. The molecule has 0 aromatic heterocycles. The normalized spacial score (nSPS) is 26.0. The van der Waals surface area contributed by atoms with Gasteiger partial charge in [-0.2, -0.15) is 0 Å². The number of aliphatic hydroxyl groups is 1. The maximum atomic E-state index is 13.4. The van der Waals surface area contributed by atoms with Crippen molar-refractivity contribution in [3.8, 4) is 0 Å². The quantitative estimate of drug-likeness (QED) is 0.773. The average molecular weight is 394 g/mol. The molecule has 5 rings (SSSR count). The summed E-state index contributed by atoms with van der Waals surface area (Å²) in [6.07, 6.45) is 0.0336. The first-order valence-corrected chi connectivity index (χ1v) is 9.47. The second kappa shape index (κ2) is 7.33. The molecule has 1 N–H and O–H groups in total. The van der Waals surface area contributed by atoms with E-state index >= 15 is 0 Å². The van der Waals surface area contributed by atoms with Crippen LogP contribution in [0.25, 0.3) is 0 Å². The van der Waals surface area contributed by atoms with Crippen LogP contribution in [0.15, 0.2) is 60.7 Å². The number of ether oxygens (including phenoxy) is 1. The molecule has 29 heavy (non-hydrogen) atoms. The summed E-state index contributed by atoms with van der Waals surface area (Å²) in [6.45, 7) is 0.219. The second-order valence-electron chi connectivity index (χ2n) is 7.38. The number of hydrogen-bond acceptors (Lipinski definition) is 5. The van der Waals surface area contributed by atoms with Crippen molar-refractivity contribution in [2.75, 3.05) is 7.11 Å². The summed E-state index contributed by atoms with van der Waals surface area (Å²) in [4.78, 5) is 41.5. The van der Waals surface area contributed by atoms with Crippen LogP contribution in [0.5, 0.6) is 0 Å². The van der Waals surface area contributed by atoms with Gasteiger partial charge >= 0.3 is 5.97 Å². The van der Waals surface area contributed by atoms with E-state index in [9.17, 15) is 19.5 Å². The Hall–Kier alpha value is -3.19. The van der Waals surface area contributed by atoms with Crippen LogP contribution in [-0.2, 0) is 32.2 Å². The van der Waals surface area contributed by atoms with E-state index in [0.717, 1.165) is 16.0 Å². The predicted octanol–water partition coefficient (Wildman–Crippen LogP) is 1.31. The van der Waals surface area contributed by atoms with Crippen LogP contribution in [0.4, 0.5) is 0 Å². The largest absolute Gasteiger partial charge is 0.469 e. The van der Waals surface area contributed by atoms with Crippen molar-refractivity contribution in [2.24, 2.45) is 5.92 Å². The van der Waals surface area contributed by atoms with E-state index in [1.807, 2.05) is 48.5 Å². The summed E-state index contributed by atoms with van der Waals surface area (Å²) in [5.41, 5.74) is -0.675. The highest BCUT2D eigenvalue weighted by Crippen LogP contribution is 2.43. The lowest BCUT2D eigenvalue weighted by Crippen LogP contribution is -2.79. The number of fused-ring (bicyclic) bond motifs is 3. The molecule has 3 fully saturated rings. The van der Waals surface area contributed by atoms with Gasteiger partial charge in [-0.1, -0.05) is 60.7 Å². The molecule has 7 nitrogen and oxygen atoms in total. The van der Waals surface area contributed by atoms with Gasteiger partial charge in [0, 0.05) is 13.1 Å². The van der Waals surface area contributed by atoms with Crippen LogP contribution in [0, 0.1) is 5.92 Å². The first-order valence-electron chi connectivity index (χ1n) is 9.47. The Balaban J connectivity index is 1.72. The molecule has 3 heterocycles. The molecule has 0 spiro atoms. The Morgan fingerprint density at radius 2 is 1.59 bits per heavy atom. The second-order valence-corrected chi connectivity index (χ2v) is 7.38. The maximum Gasteiger partial charge on any atom is 0.314 e. The standard InChI is InChI=1S/C22H22N2O5/c1-29-20(26)17-12-18-19(25)24(14-16-10-6-3-7-11-16)22(17,28)21(27)23(18)13-15-8-4-2-5-9-15/h2-11,17-18,28H,12-14H2,1H3/t17-,18-,22+/m0/s1. The molecule has 2 amide bonds. The Kier molecular flexibility index (Phi) is 4.84. The van der Waals surface area contributed by atoms with Crippen molar-refractivity contribution < 1.29 is 24.2 Å². The first-order chi connectivity index (χ1) is 14.0. The van der Waals surface area contributed by atoms with Crippen LogP contribution >= 0.6 is 0 Å². The number of amides is 2. The zero-order chi connectivity index (χ0) is 20.6. The fraction of sp³-hybridized carbons (Fsp3) is 0.318. The number of hydrogen-bond donors (Lipinski definition) is 1. The van der Waals surface area contributed by atoms with Gasteiger partial charge in [0.15, 0.2) is 0 Å². The molecule has 0 saturated carbocycles. The molecular weight excluding hydrogens is 372 g/mol. The van der Waals surface area contributed by atoms with E-state index in [-0.39, 0.29) is 25.4 Å². The molecule has 2 aromatic carbocycles. The Morgan fingerprint density at radius 3 is 2.14 bits per heavy atom. The minimum atomic E-state index is -2.27. The number of benzene rings is 2. The van der Waals surface area contributed by atoms with Gasteiger partial charge in [0.2, 0.25) is 11.6 Å². The van der Waals surface area contributed by atoms with Crippen molar-refractivity contribution >= 4 is 17.8 Å². The highest BCUT2D eigenvalue weighted by molar-refractivity contribution is 6.03. The summed E-state index contributed by atoms with van der Waals surface area (Å²) in [7, 11) is 1.21. The number of carbonyl (C=O) groups excluding carboxylic acids is 3. The molecule has 3 aliphatic rings. The number of methoxy groups -OCH3 is 1. The van der Waals surface area contributed by atoms with Crippen LogP contribution in [-0.4, -0.2) is 51.6 Å². The van der Waals surface area contributed by atoms with Gasteiger partial charge in [0.05, 0.1) is 7.11 Å². The summed E-state index contributed by atoms with van der Waals surface area (Å²) in [6, 6.07) is 17.5. The molecule has 0 aliphatic carbocycles. The predicted molar refractivity (Wildman–Crippen MR) is 103 cm³/mol. The molecule has 0 unspecified atom stereocenters. The fourth-order valence-electron chi connectivity index (χ4n) is 4.23. The molecule has 3 atom stereocenters. The zero-order valence-corrected chi connectivity index (χ0v) is 16.0. The molecule has 3 saturated heterocycles. The van der Waals surface area contributed by atoms with Gasteiger partial charge in [-0.15, -0.1) is 0 Å². The van der Waals surface area contributed by atoms with E-state index in [1.165, 1.54) is 12.0 Å². The number of carbonyl (C=O) groups is 3. The average Bonchev–Trinajstić information content (AvgIpc) is 2.75. The Morgan fingerprint density at radius 1 is 1.03 bits per heavy atom. The Bertz CT molecular complexity index is 933. The van der Waals surface area contributed by atoms with E-state index in [1.54, 1.807) is 12.1 Å². The van der Waals surface area contributed by atoms with Gasteiger partial charge in [0.1, 0.15) is 12.0 Å². The first kappa shape index (κ1) is 19.1. The van der Waals surface area contributed by atoms with Crippen molar-refractivity contribution in [3.63, 3.8) is 0 Å². The summed E-state index contributed by atoms with van der Waals surface area (Å²) in [5.74, 6) is -2.84. The van der Waals surface area contributed by atoms with Crippen molar-refractivity contribution in [1.29, 1.82) is 0 Å². The highest BCUT2D eigenvalue weighted by Gasteiger charge is 2.67. The van der Waals surface area contributed by atoms with Gasteiger partial charge in [-0.25, -0.2) is 0 Å². The maximum absolute atomic E-state index is 13.4. The molecule has 2 aromatic rings. The van der Waals surface area contributed by atoms with Crippen LogP contribution in [0.2, 0.25) is 0 Å². The molecule has 0 radical (unpaired) electrons. The van der Waals surface area contributed by atoms with Crippen molar-refractivity contribution in [2.45, 2.75) is 31.3 Å². The third kappa shape index (κ3) is 3.07. The minimum absolute atomic E-state index is 0.0328. The Labute approximate surface area is 168 Å². The third-order valence-corrected chi connectivity index (χ3v) is 5.72. The minimum Gasteiger partial charge on any atom is -0.469 e. The van der Waals surface area contributed by atoms with Gasteiger partial charge in [-0.05, 0) is 17.5 Å². The highest BCUT2D eigenvalue weighted by atomic mass is 16.5. The monoisotopic (exact) mass is 394 g/mol. The van der Waals surface area contributed by atoms with E-state index in [4.69, 9.17) is 4.74 Å². The topological polar surface area (TPSA) is 87.1 Å². The van der Waals surface area contributed by atoms with Crippen LogP contribution in [0.3, 0.4) is 0 Å². The van der Waals surface area contributed by atoms with Gasteiger partial charge in [-0.3, -0.25) is 19.3 Å². The van der Waals surface area contributed by atoms with Crippen molar-refractivity contribution in [1.82, 2.24) is 9.80 Å². The number of esters is 1. The van der Waals surface area contributed by atoms with Gasteiger partial charge in [0.25, 0.3) is 5.91 Å². The van der Waals surface area contributed by atoms with Crippen LogP contribution in [0.1, 0.15) is 17.5 Å². The van der Waals surface area contributed by atoms with Crippen molar-refractivity contribution in [3.05, 3.63) is 71.8 Å². The van der Waals surface area contributed by atoms with Crippen LogP contribution < -0.4 is 0 Å².